The fraction of sp³-hybridized carbons (Fsp3) is 0.400. The van der Waals surface area contributed by atoms with Gasteiger partial charge < -0.3 is 4.74 Å². The van der Waals surface area contributed by atoms with Crippen LogP contribution in [0.2, 0.25) is 0 Å². The molecule has 0 aliphatic heterocycles. The Bertz CT molecular complexity index is 402. The van der Waals surface area contributed by atoms with Crippen LogP contribution in [0, 0.1) is 6.92 Å². The molecule has 0 aromatic heterocycles. The second-order valence-electron chi connectivity index (χ2n) is 3.40. The molecule has 0 saturated carbocycles. The van der Waals surface area contributed by atoms with Gasteiger partial charge in [-0.2, -0.15) is 22.0 Å². The topological polar surface area (TPSA) is 9.23 Å². The van der Waals surface area contributed by atoms with Crippen LogP contribution in [-0.4, -0.2) is 18.7 Å². The molecular formula is C10H8BrF5O. The first-order valence-corrected chi connectivity index (χ1v) is 5.26. The van der Waals surface area contributed by atoms with Gasteiger partial charge in [-0.15, -0.1) is 0 Å². The third-order valence-corrected chi connectivity index (χ3v) is 2.47. The molecule has 0 bridgehead atoms. The van der Waals surface area contributed by atoms with Crippen molar-refractivity contribution < 1.29 is 26.7 Å². The lowest BCUT2D eigenvalue weighted by atomic mass is 10.2. The van der Waals surface area contributed by atoms with Crippen molar-refractivity contribution in [3.05, 3.63) is 28.2 Å². The zero-order valence-electron chi connectivity index (χ0n) is 8.62. The van der Waals surface area contributed by atoms with Gasteiger partial charge in [-0.25, -0.2) is 0 Å². The van der Waals surface area contributed by atoms with E-state index in [2.05, 4.69) is 20.7 Å². The molecule has 0 radical (unpaired) electrons. The summed E-state index contributed by atoms with van der Waals surface area (Å²) in [6.07, 6.45) is -5.60. The third-order valence-electron chi connectivity index (χ3n) is 1.97. The van der Waals surface area contributed by atoms with E-state index in [1.54, 1.807) is 19.1 Å². The van der Waals surface area contributed by atoms with Crippen LogP contribution < -0.4 is 4.74 Å². The normalized spacial score (nSPS) is 12.6. The maximum atomic E-state index is 12.6. The summed E-state index contributed by atoms with van der Waals surface area (Å²) in [7, 11) is 0. The number of ether oxygens (including phenoxy) is 1. The summed E-state index contributed by atoms with van der Waals surface area (Å²) in [6, 6.07) is 4.51. The fourth-order valence-corrected chi connectivity index (χ4v) is 1.32. The number of rotatable bonds is 3. The second-order valence-corrected chi connectivity index (χ2v) is 4.32. The lowest BCUT2D eigenvalue weighted by molar-refractivity contribution is -0.290. The van der Waals surface area contributed by atoms with Crippen LogP contribution in [0.1, 0.15) is 5.56 Å². The van der Waals surface area contributed by atoms with Crippen molar-refractivity contribution >= 4 is 15.9 Å². The Morgan fingerprint density at radius 1 is 1.18 bits per heavy atom. The number of benzene rings is 1. The van der Waals surface area contributed by atoms with E-state index in [0.717, 1.165) is 0 Å². The van der Waals surface area contributed by atoms with Crippen LogP contribution in [0.4, 0.5) is 22.0 Å². The van der Waals surface area contributed by atoms with Crippen molar-refractivity contribution in [3.63, 3.8) is 0 Å². The molecule has 0 aliphatic carbocycles. The van der Waals surface area contributed by atoms with E-state index in [1.807, 2.05) is 0 Å². The van der Waals surface area contributed by atoms with Crippen LogP contribution in [0.5, 0.6) is 5.75 Å². The van der Waals surface area contributed by atoms with Crippen LogP contribution in [0.3, 0.4) is 0 Å². The van der Waals surface area contributed by atoms with Gasteiger partial charge in [-0.3, -0.25) is 0 Å². The first kappa shape index (κ1) is 14.2. The zero-order valence-corrected chi connectivity index (χ0v) is 10.2. The average molecular weight is 319 g/mol. The van der Waals surface area contributed by atoms with Crippen molar-refractivity contribution in [2.75, 3.05) is 6.61 Å². The quantitative estimate of drug-likeness (QED) is 0.754. The van der Waals surface area contributed by atoms with Crippen molar-refractivity contribution in [2.24, 2.45) is 0 Å². The molecule has 0 spiro atoms. The molecule has 0 fully saturated rings. The number of hydrogen-bond acceptors (Lipinski definition) is 1. The van der Waals surface area contributed by atoms with Crippen LogP contribution in [0.25, 0.3) is 0 Å². The maximum absolute atomic E-state index is 12.6. The van der Waals surface area contributed by atoms with Gasteiger partial charge >= 0.3 is 12.1 Å². The van der Waals surface area contributed by atoms with Gasteiger partial charge in [0.2, 0.25) is 0 Å². The zero-order chi connectivity index (χ0) is 13.3. The van der Waals surface area contributed by atoms with Gasteiger partial charge in [0.05, 0.1) is 0 Å². The summed E-state index contributed by atoms with van der Waals surface area (Å²) in [5.74, 6) is -4.87. The molecule has 0 atom stereocenters. The predicted octanol–water partition coefficient (Wildman–Crippen LogP) is 4.33. The minimum absolute atomic E-state index is 0.0108. The molecular weight excluding hydrogens is 311 g/mol. The van der Waals surface area contributed by atoms with E-state index >= 15 is 0 Å². The molecule has 96 valence electrons. The summed E-state index contributed by atoms with van der Waals surface area (Å²) < 4.78 is 65.8. The summed E-state index contributed by atoms with van der Waals surface area (Å²) >= 11 is 3.07. The molecule has 0 N–H and O–H groups in total. The minimum atomic E-state index is -5.60. The number of hydrogen-bond donors (Lipinski definition) is 0. The maximum Gasteiger partial charge on any atom is 0.456 e. The first-order chi connectivity index (χ1) is 7.63. The van der Waals surface area contributed by atoms with Gasteiger partial charge in [-0.05, 0) is 24.6 Å². The van der Waals surface area contributed by atoms with E-state index < -0.39 is 18.7 Å². The highest BCUT2D eigenvalue weighted by atomic mass is 79.9. The Morgan fingerprint density at radius 2 is 1.76 bits per heavy atom. The third kappa shape index (κ3) is 3.55. The Morgan fingerprint density at radius 3 is 2.29 bits per heavy atom. The fourth-order valence-electron chi connectivity index (χ4n) is 0.980. The highest BCUT2D eigenvalue weighted by molar-refractivity contribution is 9.10. The Hall–Kier alpha value is -0.850. The molecule has 1 aromatic carbocycles. The van der Waals surface area contributed by atoms with E-state index in [-0.39, 0.29) is 5.75 Å². The Labute approximate surface area is 103 Å². The average Bonchev–Trinajstić information content (AvgIpc) is 2.18. The Kier molecular flexibility index (Phi) is 4.01. The summed E-state index contributed by atoms with van der Waals surface area (Å²) in [4.78, 5) is 0. The highest BCUT2D eigenvalue weighted by Gasteiger charge is 2.58. The van der Waals surface area contributed by atoms with E-state index in [1.165, 1.54) is 6.07 Å². The molecule has 0 amide bonds. The Balaban J connectivity index is 2.77. The summed E-state index contributed by atoms with van der Waals surface area (Å²) in [5.41, 5.74) is 0.478. The lowest BCUT2D eigenvalue weighted by Gasteiger charge is -2.20. The predicted molar refractivity (Wildman–Crippen MR) is 55.4 cm³/mol. The van der Waals surface area contributed by atoms with Gasteiger partial charge in [-0.1, -0.05) is 22.0 Å². The number of alkyl halides is 5. The van der Waals surface area contributed by atoms with Crippen LogP contribution >= 0.6 is 15.9 Å². The van der Waals surface area contributed by atoms with Gasteiger partial charge in [0, 0.05) is 4.47 Å². The summed E-state index contributed by atoms with van der Waals surface area (Å²) in [5, 5.41) is 0. The van der Waals surface area contributed by atoms with E-state index in [9.17, 15) is 22.0 Å². The molecule has 1 rings (SSSR count). The molecule has 0 saturated heterocycles. The SMILES string of the molecule is Cc1ccc(Br)cc1OCC(F)(F)C(F)(F)F. The van der Waals surface area contributed by atoms with Crippen LogP contribution in [-0.2, 0) is 0 Å². The van der Waals surface area contributed by atoms with Crippen molar-refractivity contribution in [3.8, 4) is 5.75 Å². The van der Waals surface area contributed by atoms with Gasteiger partial charge in [0.25, 0.3) is 0 Å². The van der Waals surface area contributed by atoms with E-state index in [4.69, 9.17) is 0 Å². The lowest BCUT2D eigenvalue weighted by Crippen LogP contribution is -2.41. The first-order valence-electron chi connectivity index (χ1n) is 4.47. The van der Waals surface area contributed by atoms with Gasteiger partial charge in [0.1, 0.15) is 5.75 Å². The molecule has 0 heterocycles. The number of halogens is 6. The van der Waals surface area contributed by atoms with Crippen molar-refractivity contribution in [2.45, 2.75) is 19.0 Å². The minimum Gasteiger partial charge on any atom is -0.487 e. The monoisotopic (exact) mass is 318 g/mol. The molecule has 0 aliphatic rings. The smallest absolute Gasteiger partial charge is 0.456 e. The highest BCUT2D eigenvalue weighted by Crippen LogP contribution is 2.36. The second kappa shape index (κ2) is 4.80. The van der Waals surface area contributed by atoms with Crippen LogP contribution in [0.15, 0.2) is 22.7 Å². The summed E-state index contributed by atoms with van der Waals surface area (Å²) in [6.45, 7) is -0.179. The largest absolute Gasteiger partial charge is 0.487 e. The van der Waals surface area contributed by atoms with Crippen molar-refractivity contribution in [1.29, 1.82) is 0 Å². The number of aryl methyl sites for hydroxylation is 1. The molecule has 7 heteroatoms. The standard InChI is InChI=1S/C10H8BrF5O/c1-6-2-3-7(11)4-8(6)17-5-9(12,13)10(14,15)16/h2-4H,5H2,1H3. The van der Waals surface area contributed by atoms with E-state index in [0.29, 0.717) is 10.0 Å². The van der Waals surface area contributed by atoms with Crippen molar-refractivity contribution in [1.82, 2.24) is 0 Å². The molecule has 1 nitrogen and oxygen atoms in total. The molecule has 1 aromatic rings. The van der Waals surface area contributed by atoms with Gasteiger partial charge in [0.15, 0.2) is 6.61 Å². The molecule has 17 heavy (non-hydrogen) atoms. The molecule has 0 unspecified atom stereocenters.